The zero-order chi connectivity index (χ0) is 18.7. The van der Waals surface area contributed by atoms with Crippen molar-refractivity contribution in [3.05, 3.63) is 0 Å². The molecule has 1 saturated heterocycles. The molecule has 24 heavy (non-hydrogen) atoms. The molecule has 0 aromatic rings. The van der Waals surface area contributed by atoms with Gasteiger partial charge in [0.15, 0.2) is 0 Å². The third-order valence-corrected chi connectivity index (χ3v) is 3.86. The predicted octanol–water partition coefficient (Wildman–Crippen LogP) is -1.25. The molecule has 0 spiro atoms. The Bertz CT molecular complexity index is 574. The second kappa shape index (κ2) is 7.28. The summed E-state index contributed by atoms with van der Waals surface area (Å²) in [6.45, 7) is 5.21. The molecule has 1 rings (SSSR count). The Morgan fingerprint density at radius 1 is 1.33 bits per heavy atom. The topological polar surface area (TPSA) is 136 Å². The van der Waals surface area contributed by atoms with Crippen molar-refractivity contribution in [1.82, 2.24) is 20.4 Å². The Hall–Kier alpha value is -2.65. The molecule has 1 unspecified atom stereocenters. The molecule has 1 atom stereocenters. The molecular formula is C14H22N4O6. The number of hydrogen-bond donors (Lipinski definition) is 3. The molecule has 0 saturated carbocycles. The van der Waals surface area contributed by atoms with E-state index in [1.807, 2.05) is 0 Å². The lowest BCUT2D eigenvalue weighted by Gasteiger charge is -2.32. The lowest BCUT2D eigenvalue weighted by atomic mass is 10.0. The van der Waals surface area contributed by atoms with Crippen LogP contribution in [0.25, 0.3) is 0 Å². The van der Waals surface area contributed by atoms with Crippen LogP contribution in [0.1, 0.15) is 27.7 Å². The Morgan fingerprint density at radius 2 is 1.92 bits per heavy atom. The number of amides is 5. The van der Waals surface area contributed by atoms with E-state index in [0.29, 0.717) is 0 Å². The van der Waals surface area contributed by atoms with Crippen molar-refractivity contribution in [1.29, 1.82) is 0 Å². The Labute approximate surface area is 139 Å². The highest BCUT2D eigenvalue weighted by Crippen LogP contribution is 2.20. The third kappa shape index (κ3) is 4.21. The summed E-state index contributed by atoms with van der Waals surface area (Å²) in [4.78, 5) is 60.2. The van der Waals surface area contributed by atoms with E-state index in [-0.39, 0.29) is 19.0 Å². The van der Waals surface area contributed by atoms with Crippen LogP contribution < -0.4 is 10.6 Å². The number of nitrogens with zero attached hydrogens (tertiary/aromatic N) is 2. The minimum Gasteiger partial charge on any atom is -0.480 e. The van der Waals surface area contributed by atoms with Crippen molar-refractivity contribution in [2.24, 2.45) is 0 Å². The van der Waals surface area contributed by atoms with Crippen LogP contribution in [0.3, 0.4) is 0 Å². The summed E-state index contributed by atoms with van der Waals surface area (Å²) in [5.74, 6) is -2.69. The maximum atomic E-state index is 12.5. The molecule has 1 aliphatic rings. The highest BCUT2D eigenvalue weighted by molar-refractivity contribution is 6.07. The summed E-state index contributed by atoms with van der Waals surface area (Å²) < 4.78 is 0. The van der Waals surface area contributed by atoms with Gasteiger partial charge in [-0.15, -0.1) is 0 Å². The summed E-state index contributed by atoms with van der Waals surface area (Å²) in [5.41, 5.74) is -1.21. The van der Waals surface area contributed by atoms with E-state index in [1.54, 1.807) is 0 Å². The normalized spacial score (nSPS) is 17.2. The van der Waals surface area contributed by atoms with E-state index in [9.17, 15) is 24.0 Å². The average Bonchev–Trinajstić information content (AvgIpc) is 2.64. The number of rotatable bonds is 7. The molecule has 134 valence electrons. The number of carbonyl (C=O) groups excluding carboxylic acids is 4. The van der Waals surface area contributed by atoms with E-state index < -0.39 is 41.9 Å². The largest absolute Gasteiger partial charge is 0.480 e. The fourth-order valence-electron chi connectivity index (χ4n) is 2.21. The van der Waals surface area contributed by atoms with Gasteiger partial charge in [0.2, 0.25) is 11.8 Å². The van der Waals surface area contributed by atoms with Crippen molar-refractivity contribution in [3.8, 4) is 0 Å². The minimum absolute atomic E-state index is 0.0320. The van der Waals surface area contributed by atoms with Gasteiger partial charge in [-0.3, -0.25) is 19.7 Å². The first-order chi connectivity index (χ1) is 11.0. The van der Waals surface area contributed by atoms with Crippen molar-refractivity contribution >= 4 is 29.7 Å². The predicted molar refractivity (Wildman–Crippen MR) is 81.8 cm³/mol. The van der Waals surface area contributed by atoms with Crippen LogP contribution >= 0.6 is 0 Å². The van der Waals surface area contributed by atoms with Gasteiger partial charge in [-0.05, 0) is 20.8 Å². The van der Waals surface area contributed by atoms with E-state index in [2.05, 4.69) is 10.6 Å². The van der Waals surface area contributed by atoms with Gasteiger partial charge in [0.1, 0.15) is 18.1 Å². The van der Waals surface area contributed by atoms with Crippen LogP contribution in [0.2, 0.25) is 0 Å². The lowest BCUT2D eigenvalue weighted by Crippen LogP contribution is -2.53. The SMILES string of the molecule is CC(=O)NCCN(C(=O)CN1C(=O)NC(=O)C1(C)C)C(C)C(=O)O. The second-order valence-corrected chi connectivity index (χ2v) is 5.99. The quantitative estimate of drug-likeness (QED) is 0.495. The van der Waals surface area contributed by atoms with Gasteiger partial charge in [0.25, 0.3) is 5.91 Å². The Balaban J connectivity index is 2.87. The van der Waals surface area contributed by atoms with Crippen LogP contribution in [0.5, 0.6) is 0 Å². The van der Waals surface area contributed by atoms with Gasteiger partial charge < -0.3 is 20.2 Å². The fraction of sp³-hybridized carbons (Fsp3) is 0.643. The maximum absolute atomic E-state index is 12.5. The van der Waals surface area contributed by atoms with Crippen LogP contribution in [-0.2, 0) is 19.2 Å². The first-order valence-corrected chi connectivity index (χ1v) is 7.38. The zero-order valence-corrected chi connectivity index (χ0v) is 14.1. The van der Waals surface area contributed by atoms with Crippen LogP contribution in [0, 0.1) is 0 Å². The van der Waals surface area contributed by atoms with Gasteiger partial charge in [-0.25, -0.2) is 9.59 Å². The van der Waals surface area contributed by atoms with Crippen LogP contribution in [0.4, 0.5) is 4.79 Å². The summed E-state index contributed by atoms with van der Waals surface area (Å²) >= 11 is 0. The van der Waals surface area contributed by atoms with E-state index in [0.717, 1.165) is 9.80 Å². The molecule has 1 fully saturated rings. The summed E-state index contributed by atoms with van der Waals surface area (Å²) in [5, 5.41) is 13.7. The molecule has 1 heterocycles. The van der Waals surface area contributed by atoms with Crippen LogP contribution in [-0.4, -0.2) is 75.8 Å². The first-order valence-electron chi connectivity index (χ1n) is 7.38. The highest BCUT2D eigenvalue weighted by Gasteiger charge is 2.46. The van der Waals surface area contributed by atoms with Gasteiger partial charge >= 0.3 is 12.0 Å². The smallest absolute Gasteiger partial charge is 0.326 e. The number of carboxylic acids is 1. The number of imide groups is 1. The van der Waals surface area contributed by atoms with Gasteiger partial charge in [-0.1, -0.05) is 0 Å². The Kier molecular flexibility index (Phi) is 5.88. The molecule has 10 heteroatoms. The van der Waals surface area contributed by atoms with E-state index in [1.165, 1.54) is 27.7 Å². The summed E-state index contributed by atoms with van der Waals surface area (Å²) in [6.07, 6.45) is 0. The number of hydrogen-bond acceptors (Lipinski definition) is 5. The van der Waals surface area contributed by atoms with E-state index in [4.69, 9.17) is 5.11 Å². The molecule has 1 aliphatic heterocycles. The lowest BCUT2D eigenvalue weighted by molar-refractivity contribution is -0.150. The number of nitrogens with one attached hydrogen (secondary N) is 2. The average molecular weight is 342 g/mol. The number of carboxylic acid groups (broad SMARTS) is 1. The van der Waals surface area contributed by atoms with Gasteiger partial charge in [0, 0.05) is 20.0 Å². The zero-order valence-electron chi connectivity index (χ0n) is 14.1. The molecular weight excluding hydrogens is 320 g/mol. The van der Waals surface area contributed by atoms with Gasteiger partial charge in [-0.2, -0.15) is 0 Å². The molecule has 0 aromatic heterocycles. The molecule has 10 nitrogen and oxygen atoms in total. The summed E-state index contributed by atoms with van der Waals surface area (Å²) in [6, 6.07) is -1.85. The second-order valence-electron chi connectivity index (χ2n) is 5.99. The first kappa shape index (κ1) is 19.4. The Morgan fingerprint density at radius 3 is 2.33 bits per heavy atom. The number of aliphatic carboxylic acids is 1. The maximum Gasteiger partial charge on any atom is 0.326 e. The third-order valence-electron chi connectivity index (χ3n) is 3.86. The fourth-order valence-corrected chi connectivity index (χ4v) is 2.21. The highest BCUT2D eigenvalue weighted by atomic mass is 16.4. The van der Waals surface area contributed by atoms with E-state index >= 15 is 0 Å². The van der Waals surface area contributed by atoms with Gasteiger partial charge in [0.05, 0.1) is 0 Å². The number of carbonyl (C=O) groups is 5. The molecule has 0 aliphatic carbocycles. The summed E-state index contributed by atoms with van der Waals surface area (Å²) in [7, 11) is 0. The molecule has 0 bridgehead atoms. The number of urea groups is 1. The molecule has 0 aromatic carbocycles. The van der Waals surface area contributed by atoms with Crippen molar-refractivity contribution in [2.45, 2.75) is 39.3 Å². The van der Waals surface area contributed by atoms with Crippen LogP contribution in [0.15, 0.2) is 0 Å². The minimum atomic E-state index is -1.22. The van der Waals surface area contributed by atoms with Crippen molar-refractivity contribution in [3.63, 3.8) is 0 Å². The molecule has 5 amide bonds. The molecule has 3 N–H and O–H groups in total. The molecule has 0 radical (unpaired) electrons. The van der Waals surface area contributed by atoms with Crippen molar-refractivity contribution in [2.75, 3.05) is 19.6 Å². The monoisotopic (exact) mass is 342 g/mol. The van der Waals surface area contributed by atoms with Crippen molar-refractivity contribution < 1.29 is 29.1 Å². The standard InChI is InChI=1S/C14H22N4O6/c1-8(11(21)22)17(6-5-15-9(2)19)10(20)7-18-13(24)16-12(23)14(18,3)4/h8H,5-7H2,1-4H3,(H,15,19)(H,21,22)(H,16,23,24).